The van der Waals surface area contributed by atoms with E-state index < -0.39 is 29.7 Å². The van der Waals surface area contributed by atoms with Crippen molar-refractivity contribution in [2.24, 2.45) is 0 Å². The number of nitrogens with zero attached hydrogens (tertiary/aromatic N) is 7. The van der Waals surface area contributed by atoms with Gasteiger partial charge in [0.1, 0.15) is 23.9 Å². The lowest BCUT2D eigenvalue weighted by Gasteiger charge is -2.32. The molecule has 0 spiro atoms. The fourth-order valence-corrected chi connectivity index (χ4v) is 8.74. The van der Waals surface area contributed by atoms with E-state index in [0.717, 1.165) is 50.2 Å². The summed E-state index contributed by atoms with van der Waals surface area (Å²) in [5, 5.41) is 8.69. The number of pyridine rings is 1. The number of carbonyl (C=O) groups is 8. The van der Waals surface area contributed by atoms with E-state index in [1.54, 1.807) is 31.3 Å². The second kappa shape index (κ2) is 22.7. The molecule has 3 N–H and O–H groups in total. The SMILES string of the molecule is CNC(=O)C(CCC=O)N1C(=O)c2ccc(OCC(=O)NCCCCN3CCC(NC(=O)c4cnc(OC)c(-c5nc6c(n5C(C)C)CN(/C(C=O)=C/C(Cl)=C\N(C)C)C6=O)c4)CC3)cc2C1=O. The molecule has 1 atom stereocenters. The largest absolute Gasteiger partial charge is 0.484 e. The Hall–Kier alpha value is -6.93. The van der Waals surface area contributed by atoms with Crippen LogP contribution in [0, 0.1) is 0 Å². The van der Waals surface area contributed by atoms with Crippen LogP contribution in [-0.2, 0) is 25.7 Å². The van der Waals surface area contributed by atoms with Gasteiger partial charge in [-0.3, -0.25) is 43.4 Å². The summed E-state index contributed by atoms with van der Waals surface area (Å²) in [6.07, 6.45) is 8.72. The van der Waals surface area contributed by atoms with Crippen molar-refractivity contribution in [2.75, 3.05) is 61.0 Å². The van der Waals surface area contributed by atoms with Crippen LogP contribution in [-0.4, -0.2) is 155 Å². The zero-order valence-electron chi connectivity index (χ0n) is 39.0. The quantitative estimate of drug-likeness (QED) is 0.0432. The van der Waals surface area contributed by atoms with E-state index in [1.165, 1.54) is 49.5 Å². The molecule has 21 heteroatoms. The molecule has 3 aliphatic rings. The number of unbranched alkanes of at least 4 members (excludes halogenated alkanes) is 1. The third-order valence-electron chi connectivity index (χ3n) is 11.8. The molecular formula is C47H57ClN10O10. The Bertz CT molecular complexity index is 2510. The highest BCUT2D eigenvalue weighted by atomic mass is 35.5. The highest BCUT2D eigenvalue weighted by Crippen LogP contribution is 2.37. The lowest BCUT2D eigenvalue weighted by atomic mass is 10.0. The fourth-order valence-electron chi connectivity index (χ4n) is 8.43. The Labute approximate surface area is 399 Å². The number of carbonyl (C=O) groups excluding carboxylic acids is 8. The van der Waals surface area contributed by atoms with E-state index in [0.29, 0.717) is 41.8 Å². The first kappa shape index (κ1) is 50.5. The first-order chi connectivity index (χ1) is 32.6. The van der Waals surface area contributed by atoms with Crippen LogP contribution in [0.2, 0.25) is 0 Å². The van der Waals surface area contributed by atoms with Crippen LogP contribution in [0.3, 0.4) is 0 Å². The van der Waals surface area contributed by atoms with Crippen molar-refractivity contribution >= 4 is 59.6 Å². The maximum atomic E-state index is 13.7. The highest BCUT2D eigenvalue weighted by molar-refractivity contribution is 6.31. The van der Waals surface area contributed by atoms with Gasteiger partial charge in [0.05, 0.1) is 52.3 Å². The molecule has 6 rings (SSSR count). The van der Waals surface area contributed by atoms with Crippen molar-refractivity contribution in [1.82, 2.24) is 50.1 Å². The summed E-state index contributed by atoms with van der Waals surface area (Å²) in [5.74, 6) is -2.15. The number of imide groups is 1. The number of likely N-dealkylation sites (N-methyl/N-ethyl adjacent to an activating group) is 1. The number of nitrogens with one attached hydrogen (secondary N) is 3. The van der Waals surface area contributed by atoms with Gasteiger partial charge in [-0.05, 0) is 82.8 Å². The van der Waals surface area contributed by atoms with Crippen molar-refractivity contribution in [1.29, 1.82) is 0 Å². The number of ether oxygens (including phenoxy) is 2. The first-order valence-electron chi connectivity index (χ1n) is 22.4. The van der Waals surface area contributed by atoms with E-state index in [9.17, 15) is 38.4 Å². The topological polar surface area (TPSA) is 235 Å². The van der Waals surface area contributed by atoms with Crippen LogP contribution in [0.5, 0.6) is 11.6 Å². The molecule has 0 aliphatic carbocycles. The van der Waals surface area contributed by atoms with Crippen molar-refractivity contribution in [2.45, 2.75) is 77.0 Å². The number of fused-ring (bicyclic) bond motifs is 2. The number of rotatable bonds is 22. The molecule has 362 valence electrons. The lowest BCUT2D eigenvalue weighted by Crippen LogP contribution is -2.48. The number of likely N-dealkylation sites (tertiary alicyclic amines) is 1. The van der Waals surface area contributed by atoms with Crippen LogP contribution in [0.4, 0.5) is 0 Å². The summed E-state index contributed by atoms with van der Waals surface area (Å²) in [7, 11) is 6.43. The number of benzene rings is 1. The van der Waals surface area contributed by atoms with E-state index in [2.05, 4.69) is 25.8 Å². The maximum absolute atomic E-state index is 13.7. The van der Waals surface area contributed by atoms with E-state index in [4.69, 9.17) is 26.1 Å². The van der Waals surface area contributed by atoms with E-state index >= 15 is 0 Å². The molecule has 0 radical (unpaired) electrons. The Kier molecular flexibility index (Phi) is 16.9. The average Bonchev–Trinajstić information content (AvgIpc) is 3.94. The van der Waals surface area contributed by atoms with Crippen LogP contribution in [0.1, 0.15) is 106 Å². The molecule has 1 saturated heterocycles. The Morgan fingerprint density at radius 2 is 1.74 bits per heavy atom. The smallest absolute Gasteiger partial charge is 0.279 e. The summed E-state index contributed by atoms with van der Waals surface area (Å²) in [6, 6.07) is 4.56. The van der Waals surface area contributed by atoms with Crippen LogP contribution in [0.15, 0.2) is 53.5 Å². The first-order valence-corrected chi connectivity index (χ1v) is 22.8. The van der Waals surface area contributed by atoms with Gasteiger partial charge in [0.25, 0.3) is 29.5 Å². The predicted octanol–water partition coefficient (Wildman–Crippen LogP) is 3.07. The van der Waals surface area contributed by atoms with Gasteiger partial charge in [0.15, 0.2) is 18.6 Å². The zero-order chi connectivity index (χ0) is 49.2. The molecule has 0 saturated carbocycles. The Morgan fingerprint density at radius 3 is 2.40 bits per heavy atom. The zero-order valence-corrected chi connectivity index (χ0v) is 39.8. The minimum Gasteiger partial charge on any atom is -0.484 e. The van der Waals surface area contributed by atoms with E-state index in [-0.39, 0.29) is 89.1 Å². The minimum atomic E-state index is -1.14. The van der Waals surface area contributed by atoms with Crippen molar-refractivity contribution in [3.8, 4) is 23.0 Å². The molecule has 68 heavy (non-hydrogen) atoms. The number of amides is 6. The number of aldehydes is 2. The molecule has 0 bridgehead atoms. The summed E-state index contributed by atoms with van der Waals surface area (Å²) in [4.78, 5) is 117. The third-order valence-corrected chi connectivity index (χ3v) is 12.0. The van der Waals surface area contributed by atoms with Crippen molar-refractivity contribution in [3.63, 3.8) is 0 Å². The second-order valence-electron chi connectivity index (χ2n) is 17.0. The highest BCUT2D eigenvalue weighted by Gasteiger charge is 2.43. The molecule has 6 amide bonds. The number of allylic oxidation sites excluding steroid dienone is 3. The Balaban J connectivity index is 0.953. The van der Waals surface area contributed by atoms with Crippen LogP contribution < -0.4 is 25.4 Å². The van der Waals surface area contributed by atoms with Gasteiger partial charge in [-0.2, -0.15) is 0 Å². The third kappa shape index (κ3) is 11.4. The van der Waals surface area contributed by atoms with Gasteiger partial charge < -0.3 is 44.6 Å². The monoisotopic (exact) mass is 956 g/mol. The number of piperidine rings is 1. The summed E-state index contributed by atoms with van der Waals surface area (Å²) in [5.41, 5.74) is 1.78. The number of halogens is 1. The number of methoxy groups -OCH3 is 1. The average molecular weight is 957 g/mol. The van der Waals surface area contributed by atoms with E-state index in [1.807, 2.05) is 18.4 Å². The predicted molar refractivity (Wildman–Crippen MR) is 249 cm³/mol. The van der Waals surface area contributed by atoms with Gasteiger partial charge in [0, 0.05) is 71.7 Å². The van der Waals surface area contributed by atoms with Gasteiger partial charge in [-0.1, -0.05) is 11.6 Å². The second-order valence-corrected chi connectivity index (χ2v) is 17.5. The number of aromatic nitrogens is 3. The number of hydrogen-bond acceptors (Lipinski definition) is 14. The van der Waals surface area contributed by atoms with Crippen LogP contribution in [0.25, 0.3) is 11.4 Å². The van der Waals surface area contributed by atoms with Crippen molar-refractivity contribution < 1.29 is 47.8 Å². The summed E-state index contributed by atoms with van der Waals surface area (Å²) >= 11 is 6.31. The molecule has 3 aliphatic heterocycles. The molecule has 3 aromatic rings. The Morgan fingerprint density at radius 1 is 1.00 bits per heavy atom. The van der Waals surface area contributed by atoms with Gasteiger partial charge in [0.2, 0.25) is 11.8 Å². The van der Waals surface area contributed by atoms with Gasteiger partial charge in [-0.25, -0.2) is 9.97 Å². The number of hydrogen-bond donors (Lipinski definition) is 3. The molecular weight excluding hydrogens is 900 g/mol. The minimum absolute atomic E-state index is 0.00748. The van der Waals surface area contributed by atoms with Crippen LogP contribution >= 0.6 is 11.6 Å². The molecule has 2 aromatic heterocycles. The summed E-state index contributed by atoms with van der Waals surface area (Å²) in [6.45, 7) is 6.46. The standard InChI is InChI=1S/C47H57ClN10O10/c1-28(2)57-38-25-56(32(26-60)21-30(48)24-54(4)5)47(66)40(38)53-41(57)36-20-29(23-51-44(36)67-6)42(62)52-31-13-17-55(18-14-31)16-8-7-15-50-39(61)27-68-33-11-12-34-35(22-33)46(65)58(45(34)64)37(10-9-19-59)43(63)49-3/h11-12,19-24,26,28,31,37H,7-10,13-18,25,27H2,1-6H3,(H,49,63)(H,50,61)(H,52,62)/b30-24+,32-21+. The summed E-state index contributed by atoms with van der Waals surface area (Å²) < 4.78 is 13.1. The molecule has 1 aromatic carbocycles. The normalized spacial score (nSPS) is 15.9. The molecule has 5 heterocycles. The molecule has 1 fully saturated rings. The van der Waals surface area contributed by atoms with Gasteiger partial charge >= 0.3 is 0 Å². The van der Waals surface area contributed by atoms with Crippen molar-refractivity contribution in [3.05, 3.63) is 81.5 Å². The number of imidazole rings is 1. The lowest BCUT2D eigenvalue weighted by molar-refractivity contribution is -0.125. The molecule has 20 nitrogen and oxygen atoms in total. The molecule has 1 unspecified atom stereocenters. The maximum Gasteiger partial charge on any atom is 0.279 e. The van der Waals surface area contributed by atoms with Gasteiger partial charge in [-0.15, -0.1) is 0 Å². The fraction of sp³-hybridized carbons (Fsp3) is 0.447.